The van der Waals surface area contributed by atoms with E-state index in [4.69, 9.17) is 4.74 Å². The van der Waals surface area contributed by atoms with Crippen molar-refractivity contribution in [3.05, 3.63) is 48.0 Å². The van der Waals surface area contributed by atoms with Crippen LogP contribution in [-0.2, 0) is 11.2 Å². The van der Waals surface area contributed by atoms with E-state index in [0.717, 1.165) is 30.8 Å². The summed E-state index contributed by atoms with van der Waals surface area (Å²) < 4.78 is 5.83. The second kappa shape index (κ2) is 9.57. The van der Waals surface area contributed by atoms with E-state index in [1.54, 1.807) is 5.56 Å². The molecule has 0 aromatic heterocycles. The normalized spacial score (nSPS) is 30.1. The third kappa shape index (κ3) is 5.45. The fourth-order valence-corrected chi connectivity index (χ4v) is 4.76. The van der Waals surface area contributed by atoms with Gasteiger partial charge in [0.15, 0.2) is 0 Å². The Bertz CT molecular complexity index is 501. The smallest absolute Gasteiger partial charge is 0.0753 e. The third-order valence-electron chi connectivity index (χ3n) is 6.50. The van der Waals surface area contributed by atoms with Gasteiger partial charge in [-0.15, -0.1) is 6.58 Å². The molecule has 1 aliphatic heterocycles. The quantitative estimate of drug-likeness (QED) is 0.503. The Kier molecular flexibility index (Phi) is 7.16. The van der Waals surface area contributed by atoms with E-state index in [9.17, 15) is 0 Å². The van der Waals surface area contributed by atoms with Crippen molar-refractivity contribution >= 4 is 0 Å². The maximum atomic E-state index is 5.83. The van der Waals surface area contributed by atoms with Crippen molar-refractivity contribution < 1.29 is 4.74 Å². The summed E-state index contributed by atoms with van der Waals surface area (Å²) in [5.74, 6) is 2.54. The van der Waals surface area contributed by atoms with Crippen molar-refractivity contribution in [2.45, 2.75) is 83.2 Å². The summed E-state index contributed by atoms with van der Waals surface area (Å²) in [5.41, 5.74) is 3.07. The second-order valence-corrected chi connectivity index (χ2v) is 8.34. The van der Waals surface area contributed by atoms with E-state index in [1.807, 2.05) is 6.08 Å². The standard InChI is InChI=1S/C24H36O/c1-3-5-19-8-13-22(14-9-19)23-15-10-20(11-16-23)6-7-21-12-17-24(4-2)25-18-21/h4,10-11,15-16,19,21-22,24H,2-3,5-9,12-14,17-18H2,1H3. The van der Waals surface area contributed by atoms with Gasteiger partial charge in [-0.2, -0.15) is 0 Å². The molecule has 0 N–H and O–H groups in total. The highest BCUT2D eigenvalue weighted by atomic mass is 16.5. The summed E-state index contributed by atoms with van der Waals surface area (Å²) in [6.07, 6.45) is 15.6. The Labute approximate surface area is 154 Å². The first-order valence-electron chi connectivity index (χ1n) is 10.6. The van der Waals surface area contributed by atoms with Gasteiger partial charge >= 0.3 is 0 Å². The van der Waals surface area contributed by atoms with Gasteiger partial charge in [0, 0.05) is 0 Å². The lowest BCUT2D eigenvalue weighted by Crippen LogP contribution is -2.24. The van der Waals surface area contributed by atoms with Crippen LogP contribution in [0.2, 0.25) is 0 Å². The molecule has 1 aliphatic carbocycles. The number of benzene rings is 1. The predicted molar refractivity (Wildman–Crippen MR) is 107 cm³/mol. The maximum Gasteiger partial charge on any atom is 0.0753 e. The second-order valence-electron chi connectivity index (χ2n) is 8.34. The fraction of sp³-hybridized carbons (Fsp3) is 0.667. The van der Waals surface area contributed by atoms with E-state index in [-0.39, 0.29) is 0 Å². The zero-order valence-electron chi connectivity index (χ0n) is 16.1. The minimum atomic E-state index is 0.294. The Morgan fingerprint density at radius 3 is 2.28 bits per heavy atom. The van der Waals surface area contributed by atoms with Crippen LogP contribution in [-0.4, -0.2) is 12.7 Å². The Morgan fingerprint density at radius 2 is 1.68 bits per heavy atom. The number of rotatable bonds is 7. The van der Waals surface area contributed by atoms with Crippen molar-refractivity contribution in [3.8, 4) is 0 Å². The third-order valence-corrected chi connectivity index (χ3v) is 6.50. The lowest BCUT2D eigenvalue weighted by atomic mass is 9.77. The lowest BCUT2D eigenvalue weighted by molar-refractivity contribution is 0.00886. The number of aryl methyl sites for hydroxylation is 1. The molecule has 2 unspecified atom stereocenters. The molecule has 138 valence electrons. The van der Waals surface area contributed by atoms with Crippen LogP contribution in [0.25, 0.3) is 0 Å². The molecule has 1 heteroatoms. The van der Waals surface area contributed by atoms with Gasteiger partial charge in [0.05, 0.1) is 12.7 Å². The number of ether oxygens (including phenoxy) is 1. The molecule has 0 amide bonds. The van der Waals surface area contributed by atoms with Crippen LogP contribution in [0.4, 0.5) is 0 Å². The van der Waals surface area contributed by atoms with E-state index in [1.165, 1.54) is 63.4 Å². The molecular weight excluding hydrogens is 304 g/mol. The Hall–Kier alpha value is -1.08. The van der Waals surface area contributed by atoms with Gasteiger partial charge in [0.1, 0.15) is 0 Å². The molecule has 1 heterocycles. The molecule has 0 spiro atoms. The molecule has 0 radical (unpaired) electrons. The minimum absolute atomic E-state index is 0.294. The largest absolute Gasteiger partial charge is 0.374 e. The van der Waals surface area contributed by atoms with Crippen LogP contribution in [0.3, 0.4) is 0 Å². The molecule has 3 rings (SSSR count). The molecule has 1 saturated carbocycles. The summed E-state index contributed by atoms with van der Waals surface area (Å²) in [6.45, 7) is 7.07. The van der Waals surface area contributed by atoms with E-state index >= 15 is 0 Å². The highest BCUT2D eigenvalue weighted by molar-refractivity contribution is 5.26. The zero-order valence-corrected chi connectivity index (χ0v) is 16.1. The van der Waals surface area contributed by atoms with Gasteiger partial charge in [-0.05, 0) is 80.2 Å². The number of hydrogen-bond acceptors (Lipinski definition) is 1. The molecule has 0 bridgehead atoms. The molecule has 2 aliphatic rings. The molecule has 1 aromatic rings. The van der Waals surface area contributed by atoms with Crippen molar-refractivity contribution in [2.75, 3.05) is 6.61 Å². The van der Waals surface area contributed by atoms with E-state index < -0.39 is 0 Å². The first-order valence-corrected chi connectivity index (χ1v) is 10.6. The fourth-order valence-electron chi connectivity index (χ4n) is 4.76. The van der Waals surface area contributed by atoms with Crippen molar-refractivity contribution in [3.63, 3.8) is 0 Å². The van der Waals surface area contributed by atoms with Crippen molar-refractivity contribution in [1.82, 2.24) is 0 Å². The summed E-state index contributed by atoms with van der Waals surface area (Å²) in [6, 6.07) is 9.57. The van der Waals surface area contributed by atoms with Crippen LogP contribution in [0.15, 0.2) is 36.9 Å². The maximum absolute atomic E-state index is 5.83. The van der Waals surface area contributed by atoms with Crippen molar-refractivity contribution in [1.29, 1.82) is 0 Å². The van der Waals surface area contributed by atoms with Crippen LogP contribution in [0.1, 0.15) is 81.8 Å². The predicted octanol–water partition coefficient (Wildman–Crippen LogP) is 6.67. The monoisotopic (exact) mass is 340 g/mol. The molecule has 1 aromatic carbocycles. The first kappa shape index (κ1) is 18.7. The van der Waals surface area contributed by atoms with Gasteiger partial charge in [0.25, 0.3) is 0 Å². The average Bonchev–Trinajstić information content (AvgIpc) is 2.68. The topological polar surface area (TPSA) is 9.23 Å². The summed E-state index contributed by atoms with van der Waals surface area (Å²) >= 11 is 0. The summed E-state index contributed by atoms with van der Waals surface area (Å²) in [5, 5.41) is 0. The molecule has 1 saturated heterocycles. The van der Waals surface area contributed by atoms with Crippen LogP contribution >= 0.6 is 0 Å². The highest BCUT2D eigenvalue weighted by Crippen LogP contribution is 2.37. The molecule has 2 fully saturated rings. The van der Waals surface area contributed by atoms with Gasteiger partial charge < -0.3 is 4.74 Å². The highest BCUT2D eigenvalue weighted by Gasteiger charge is 2.22. The summed E-state index contributed by atoms with van der Waals surface area (Å²) in [7, 11) is 0. The van der Waals surface area contributed by atoms with E-state index in [2.05, 4.69) is 37.8 Å². The Morgan fingerprint density at radius 1 is 0.960 bits per heavy atom. The van der Waals surface area contributed by atoms with Gasteiger partial charge in [-0.25, -0.2) is 0 Å². The van der Waals surface area contributed by atoms with Crippen molar-refractivity contribution in [2.24, 2.45) is 11.8 Å². The Balaban J connectivity index is 1.42. The van der Waals surface area contributed by atoms with Gasteiger partial charge in [-0.3, -0.25) is 0 Å². The summed E-state index contributed by atoms with van der Waals surface area (Å²) in [4.78, 5) is 0. The van der Waals surface area contributed by atoms with E-state index in [0.29, 0.717) is 6.10 Å². The zero-order chi connectivity index (χ0) is 17.5. The molecular formula is C24H36O. The van der Waals surface area contributed by atoms with Gasteiger partial charge in [-0.1, -0.05) is 50.1 Å². The first-order chi connectivity index (χ1) is 12.3. The van der Waals surface area contributed by atoms with Crippen LogP contribution < -0.4 is 0 Å². The average molecular weight is 341 g/mol. The van der Waals surface area contributed by atoms with Crippen LogP contribution in [0, 0.1) is 11.8 Å². The lowest BCUT2D eigenvalue weighted by Gasteiger charge is -2.29. The molecule has 2 atom stereocenters. The van der Waals surface area contributed by atoms with Gasteiger partial charge in [0.2, 0.25) is 0 Å². The SMILES string of the molecule is C=CC1CCC(CCc2ccc(C3CCC(CCC)CC3)cc2)CO1. The van der Waals surface area contributed by atoms with Crippen LogP contribution in [0.5, 0.6) is 0 Å². The molecule has 25 heavy (non-hydrogen) atoms. The number of hydrogen-bond donors (Lipinski definition) is 0. The molecule has 1 nitrogen and oxygen atoms in total. The minimum Gasteiger partial charge on any atom is -0.374 e.